The first-order valence-corrected chi connectivity index (χ1v) is 7.89. The van der Waals surface area contributed by atoms with Crippen LogP contribution < -0.4 is 16.4 Å². The summed E-state index contributed by atoms with van der Waals surface area (Å²) in [6.45, 7) is 0.718. The van der Waals surface area contributed by atoms with E-state index in [1.807, 2.05) is 0 Å². The molecule has 1 aromatic heterocycles. The van der Waals surface area contributed by atoms with Gasteiger partial charge in [-0.2, -0.15) is 0 Å². The number of nitrogens with zero attached hydrogens (tertiary/aromatic N) is 1. The average Bonchev–Trinajstić information content (AvgIpc) is 2.92. The fourth-order valence-electron chi connectivity index (χ4n) is 1.94. The molecule has 0 spiro atoms. The van der Waals surface area contributed by atoms with Crippen LogP contribution in [-0.4, -0.2) is 45.6 Å². The maximum absolute atomic E-state index is 11.0. The zero-order valence-electron chi connectivity index (χ0n) is 12.7. The van der Waals surface area contributed by atoms with Gasteiger partial charge in [-0.3, -0.25) is 4.79 Å². The van der Waals surface area contributed by atoms with Gasteiger partial charge in [-0.1, -0.05) is 6.42 Å². The molecule has 132 valence electrons. The van der Waals surface area contributed by atoms with Crippen LogP contribution in [0.1, 0.15) is 31.4 Å². The number of carbonyl (C=O) groups excluding carboxylic acids is 3. The number of nitrogens with two attached hydrogens (primary N) is 1. The largest absolute Gasteiger partial charge is 0.356 e. The van der Waals surface area contributed by atoms with Crippen LogP contribution in [0.5, 0.6) is 0 Å². The molecule has 9 heteroatoms. The van der Waals surface area contributed by atoms with Crippen molar-refractivity contribution < 1.29 is 30.4 Å². The molecule has 1 aliphatic heterocycles. The van der Waals surface area contributed by atoms with Crippen molar-refractivity contribution in [3.8, 4) is 0 Å². The van der Waals surface area contributed by atoms with E-state index >= 15 is 0 Å². The van der Waals surface area contributed by atoms with Gasteiger partial charge in [-0.15, -0.1) is 0 Å². The van der Waals surface area contributed by atoms with Crippen molar-refractivity contribution in [1.82, 2.24) is 20.6 Å². The smallest absolute Gasteiger partial charge is 0.219 e. The molecule has 5 N–H and O–H groups in total. The summed E-state index contributed by atoms with van der Waals surface area (Å²) in [5.41, 5.74) is 5.77. The molecule has 0 radical (unpaired) electrons. The van der Waals surface area contributed by atoms with Crippen molar-refractivity contribution in [3.05, 3.63) is 18.2 Å². The summed E-state index contributed by atoms with van der Waals surface area (Å²) in [6, 6.07) is -0.746. The quantitative estimate of drug-likeness (QED) is 0.501. The SMILES string of the molecule is NCC(=O)N[C@@H](Cc1c[nH]cn1)[C](=O)[Cu].O=C1CCCCCN1. The fourth-order valence-corrected chi connectivity index (χ4v) is 2.11. The zero-order chi connectivity index (χ0) is 17.1. The van der Waals surface area contributed by atoms with Crippen molar-refractivity contribution in [2.45, 2.75) is 38.1 Å². The van der Waals surface area contributed by atoms with Crippen LogP contribution in [-0.2, 0) is 36.8 Å². The van der Waals surface area contributed by atoms with Crippen LogP contribution in [0.15, 0.2) is 12.5 Å². The predicted molar refractivity (Wildman–Crippen MR) is 79.8 cm³/mol. The van der Waals surface area contributed by atoms with E-state index in [2.05, 4.69) is 36.6 Å². The number of aromatic nitrogens is 2. The van der Waals surface area contributed by atoms with Crippen LogP contribution in [0.2, 0.25) is 0 Å². The van der Waals surface area contributed by atoms with Gasteiger partial charge in [0.15, 0.2) is 0 Å². The Kier molecular flexibility index (Phi) is 9.20. The maximum Gasteiger partial charge on any atom is 0.219 e. The Labute approximate surface area is 143 Å². The van der Waals surface area contributed by atoms with Gasteiger partial charge < -0.3 is 5.32 Å². The average molecular weight is 372 g/mol. The van der Waals surface area contributed by atoms with Crippen LogP contribution in [0, 0.1) is 0 Å². The zero-order valence-corrected chi connectivity index (χ0v) is 13.7. The molecule has 1 saturated heterocycles. The second-order valence-electron chi connectivity index (χ2n) is 5.02. The second kappa shape index (κ2) is 10.9. The van der Waals surface area contributed by atoms with Gasteiger partial charge in [0, 0.05) is 13.0 Å². The minimum absolute atomic E-state index is 0.169. The summed E-state index contributed by atoms with van der Waals surface area (Å²) in [7, 11) is 0. The summed E-state index contributed by atoms with van der Waals surface area (Å²) in [5, 5.41) is 5.23. The number of imidazole rings is 1. The van der Waals surface area contributed by atoms with E-state index in [1.165, 1.54) is 12.7 Å². The first-order chi connectivity index (χ1) is 11.0. The monoisotopic (exact) mass is 371 g/mol. The first-order valence-electron chi connectivity index (χ1n) is 7.42. The number of hydrogen-bond donors (Lipinski definition) is 4. The molecule has 1 aliphatic rings. The fraction of sp³-hybridized carbons (Fsp3) is 0.571. The molecule has 23 heavy (non-hydrogen) atoms. The Morgan fingerprint density at radius 3 is 2.78 bits per heavy atom. The third-order valence-electron chi connectivity index (χ3n) is 3.14. The van der Waals surface area contributed by atoms with Crippen LogP contribution in [0.4, 0.5) is 0 Å². The summed E-state index contributed by atoms with van der Waals surface area (Å²) in [5.74, 6) is -0.187. The summed E-state index contributed by atoms with van der Waals surface area (Å²) < 4.78 is -0.549. The third kappa shape index (κ3) is 8.49. The van der Waals surface area contributed by atoms with Crippen LogP contribution >= 0.6 is 0 Å². The molecule has 0 saturated carbocycles. The maximum atomic E-state index is 11.0. The molecule has 1 aromatic rings. The number of H-pyrrole nitrogens is 1. The van der Waals surface area contributed by atoms with Gasteiger partial charge in [-0.05, 0) is 12.8 Å². The molecule has 0 bridgehead atoms. The van der Waals surface area contributed by atoms with Gasteiger partial charge in [-0.25, -0.2) is 0 Å². The normalized spacial score (nSPS) is 15.5. The Hall–Kier alpha value is -1.70. The van der Waals surface area contributed by atoms with E-state index in [0.717, 1.165) is 25.8 Å². The van der Waals surface area contributed by atoms with Gasteiger partial charge >= 0.3 is 94.4 Å². The molecule has 1 fully saturated rings. The Morgan fingerprint density at radius 1 is 1.39 bits per heavy atom. The van der Waals surface area contributed by atoms with Crippen LogP contribution in [0.25, 0.3) is 0 Å². The minimum atomic E-state index is -0.746. The molecular formula is C14H22CuN5O3. The number of amides is 2. The molecule has 2 rings (SSSR count). The van der Waals surface area contributed by atoms with E-state index in [0.29, 0.717) is 5.69 Å². The van der Waals surface area contributed by atoms with Gasteiger partial charge in [0.2, 0.25) is 5.91 Å². The van der Waals surface area contributed by atoms with Gasteiger partial charge in [0.05, 0.1) is 0 Å². The molecule has 0 unspecified atom stereocenters. The van der Waals surface area contributed by atoms with E-state index in [4.69, 9.17) is 5.73 Å². The second-order valence-corrected chi connectivity index (χ2v) is 5.48. The Balaban J connectivity index is 0.000000277. The van der Waals surface area contributed by atoms with Gasteiger partial charge in [0.1, 0.15) is 0 Å². The van der Waals surface area contributed by atoms with E-state index in [-0.39, 0.29) is 18.9 Å². The molecular weight excluding hydrogens is 350 g/mol. The van der Waals surface area contributed by atoms with Crippen molar-refractivity contribution in [1.29, 1.82) is 0 Å². The molecule has 0 aliphatic carbocycles. The minimum Gasteiger partial charge on any atom is -0.356 e. The first kappa shape index (κ1) is 19.3. The predicted octanol–water partition coefficient (Wildman–Crippen LogP) is -0.854. The molecule has 0 aromatic carbocycles. The number of rotatable bonds is 5. The third-order valence-corrected chi connectivity index (χ3v) is 3.47. The molecule has 1 atom stereocenters. The number of nitrogens with one attached hydrogen (secondary N) is 3. The molecule has 2 amide bonds. The van der Waals surface area contributed by atoms with E-state index < -0.39 is 16.6 Å². The van der Waals surface area contributed by atoms with Crippen LogP contribution in [0.3, 0.4) is 0 Å². The van der Waals surface area contributed by atoms with Crippen molar-refractivity contribution in [3.63, 3.8) is 0 Å². The number of carbonyl (C=O) groups is 3. The molecule has 2 heterocycles. The van der Waals surface area contributed by atoms with Crippen molar-refractivity contribution in [2.24, 2.45) is 5.73 Å². The topological polar surface area (TPSA) is 130 Å². The Bertz CT molecular complexity index is 497. The van der Waals surface area contributed by atoms with Gasteiger partial charge in [0.25, 0.3) is 0 Å². The molecule has 8 nitrogen and oxygen atoms in total. The summed E-state index contributed by atoms with van der Waals surface area (Å²) in [6.07, 6.45) is 7.57. The van der Waals surface area contributed by atoms with E-state index in [1.54, 1.807) is 6.20 Å². The number of aromatic amines is 1. The summed E-state index contributed by atoms with van der Waals surface area (Å²) >= 11 is 4.66. The standard InChI is InChI=1S/C8H11N4O2.C6H11NO.Cu/c9-2-8(14)12-7(4-13)1-6-3-10-5-11-6;8-6-4-2-1-3-5-7-6;/h3,5,7H,1-2,9H2,(H,10,11)(H,12,14);1-5H2,(H,7,8);/t7-;;/m0../s1. The summed E-state index contributed by atoms with van der Waals surface area (Å²) in [4.78, 5) is 39.3. The van der Waals surface area contributed by atoms with E-state index in [9.17, 15) is 14.4 Å². The van der Waals surface area contributed by atoms with Crippen molar-refractivity contribution >= 4 is 16.5 Å². The number of hydrogen-bond acceptors (Lipinski definition) is 5. The Morgan fingerprint density at radius 2 is 2.17 bits per heavy atom. The van der Waals surface area contributed by atoms with Crippen molar-refractivity contribution in [2.75, 3.05) is 13.1 Å².